The molecule has 1 saturated heterocycles. The molecular formula is C17H27N3O3. The number of hydrogen-bond donors (Lipinski definition) is 1. The third kappa shape index (κ3) is 4.70. The van der Waals surface area contributed by atoms with E-state index in [-0.39, 0.29) is 6.10 Å². The van der Waals surface area contributed by atoms with Crippen LogP contribution in [0.25, 0.3) is 0 Å². The van der Waals surface area contributed by atoms with Gasteiger partial charge in [-0.05, 0) is 24.8 Å². The average Bonchev–Trinajstić information content (AvgIpc) is 3.07. The van der Waals surface area contributed by atoms with Crippen LogP contribution in [0.4, 0.5) is 0 Å². The second kappa shape index (κ2) is 8.15. The van der Waals surface area contributed by atoms with Gasteiger partial charge in [-0.1, -0.05) is 6.92 Å². The number of nitrogens with zero attached hydrogens (tertiary/aromatic N) is 3. The Labute approximate surface area is 137 Å². The highest BCUT2D eigenvalue weighted by atomic mass is 16.5. The van der Waals surface area contributed by atoms with Crippen LogP contribution in [0.2, 0.25) is 0 Å². The van der Waals surface area contributed by atoms with Crippen LogP contribution in [0.1, 0.15) is 36.8 Å². The van der Waals surface area contributed by atoms with Crippen LogP contribution in [0.5, 0.6) is 0 Å². The van der Waals surface area contributed by atoms with Gasteiger partial charge in [0, 0.05) is 38.9 Å². The molecule has 0 aliphatic carbocycles. The van der Waals surface area contributed by atoms with E-state index >= 15 is 0 Å². The molecule has 2 aliphatic heterocycles. The summed E-state index contributed by atoms with van der Waals surface area (Å²) >= 11 is 0. The van der Waals surface area contributed by atoms with Gasteiger partial charge >= 0.3 is 0 Å². The molecule has 0 saturated carbocycles. The van der Waals surface area contributed by atoms with Gasteiger partial charge in [0.2, 0.25) is 0 Å². The van der Waals surface area contributed by atoms with Crippen LogP contribution in [0.3, 0.4) is 0 Å². The average molecular weight is 321 g/mol. The maximum atomic E-state index is 10.2. The first-order valence-corrected chi connectivity index (χ1v) is 8.68. The van der Waals surface area contributed by atoms with Crippen molar-refractivity contribution >= 4 is 0 Å². The number of aryl methyl sites for hydroxylation is 1. The van der Waals surface area contributed by atoms with Crippen molar-refractivity contribution in [3.05, 3.63) is 23.3 Å². The molecule has 0 spiro atoms. The first kappa shape index (κ1) is 16.8. The summed E-state index contributed by atoms with van der Waals surface area (Å²) in [6, 6.07) is 0. The van der Waals surface area contributed by atoms with Gasteiger partial charge in [-0.2, -0.15) is 0 Å². The summed E-state index contributed by atoms with van der Waals surface area (Å²) in [4.78, 5) is 11.2. The zero-order valence-corrected chi connectivity index (χ0v) is 13.9. The summed E-state index contributed by atoms with van der Waals surface area (Å²) in [5, 5.41) is 10.2. The van der Waals surface area contributed by atoms with E-state index in [1.165, 1.54) is 5.56 Å². The molecule has 0 bridgehead atoms. The Hall–Kier alpha value is -1.08. The highest BCUT2D eigenvalue weighted by Gasteiger charge is 2.21. The van der Waals surface area contributed by atoms with Crippen molar-refractivity contribution in [3.63, 3.8) is 0 Å². The van der Waals surface area contributed by atoms with Crippen LogP contribution in [0, 0.1) is 0 Å². The topological polar surface area (TPSA) is 67.7 Å². The molecule has 2 aliphatic rings. The summed E-state index contributed by atoms with van der Waals surface area (Å²) in [5.74, 6) is 0.894. The van der Waals surface area contributed by atoms with Gasteiger partial charge in [0.15, 0.2) is 0 Å². The second-order valence-corrected chi connectivity index (χ2v) is 6.42. The van der Waals surface area contributed by atoms with Gasteiger partial charge in [-0.3, -0.25) is 4.90 Å². The summed E-state index contributed by atoms with van der Waals surface area (Å²) in [5.41, 5.74) is 2.35. The predicted molar refractivity (Wildman–Crippen MR) is 86.2 cm³/mol. The van der Waals surface area contributed by atoms with E-state index < -0.39 is 6.10 Å². The highest BCUT2D eigenvalue weighted by Crippen LogP contribution is 2.17. The highest BCUT2D eigenvalue weighted by molar-refractivity contribution is 5.20. The zero-order valence-electron chi connectivity index (χ0n) is 13.9. The van der Waals surface area contributed by atoms with E-state index in [1.54, 1.807) is 0 Å². The van der Waals surface area contributed by atoms with Crippen LogP contribution in [0.15, 0.2) is 6.20 Å². The number of fused-ring (bicyclic) bond motifs is 1. The molecule has 1 fully saturated rings. The van der Waals surface area contributed by atoms with Gasteiger partial charge in [0.05, 0.1) is 31.1 Å². The van der Waals surface area contributed by atoms with E-state index in [0.717, 1.165) is 56.9 Å². The monoisotopic (exact) mass is 321 g/mol. The Morgan fingerprint density at radius 3 is 3.22 bits per heavy atom. The lowest BCUT2D eigenvalue weighted by molar-refractivity contribution is -0.0262. The van der Waals surface area contributed by atoms with E-state index in [0.29, 0.717) is 19.8 Å². The Bertz CT molecular complexity index is 506. The van der Waals surface area contributed by atoms with Crippen molar-refractivity contribution in [2.45, 2.75) is 51.4 Å². The lowest BCUT2D eigenvalue weighted by Crippen LogP contribution is -2.39. The maximum Gasteiger partial charge on any atom is 0.128 e. The lowest BCUT2D eigenvalue weighted by atomic mass is 10.1. The molecule has 0 unspecified atom stereocenters. The van der Waals surface area contributed by atoms with Gasteiger partial charge < -0.3 is 14.6 Å². The molecule has 0 aromatic carbocycles. The number of aliphatic hydroxyl groups excluding tert-OH is 1. The summed E-state index contributed by atoms with van der Waals surface area (Å²) in [6.45, 7) is 6.21. The molecular weight excluding hydrogens is 294 g/mol. The van der Waals surface area contributed by atoms with E-state index in [9.17, 15) is 5.11 Å². The number of β-amino-alcohol motifs (C(OH)–C–C–N with tert-alkyl or cyclic N) is 1. The van der Waals surface area contributed by atoms with Crippen molar-refractivity contribution in [2.24, 2.45) is 0 Å². The predicted octanol–water partition coefficient (Wildman–Crippen LogP) is 0.954. The SMILES string of the molecule is CCc1ncc2c(n1)CN(C[C@@H](O)COC[C@H]1CCCO1)CC2. The molecule has 1 aromatic heterocycles. The number of aromatic nitrogens is 2. The first-order valence-electron chi connectivity index (χ1n) is 8.68. The van der Waals surface area contributed by atoms with E-state index in [4.69, 9.17) is 9.47 Å². The molecule has 2 atom stereocenters. The molecule has 6 heteroatoms. The Balaban J connectivity index is 1.42. The maximum absolute atomic E-state index is 10.2. The van der Waals surface area contributed by atoms with Crippen molar-refractivity contribution in [1.29, 1.82) is 0 Å². The van der Waals surface area contributed by atoms with Crippen LogP contribution in [-0.4, -0.2) is 65.1 Å². The molecule has 3 rings (SSSR count). The summed E-state index contributed by atoms with van der Waals surface area (Å²) < 4.78 is 11.1. The van der Waals surface area contributed by atoms with Crippen LogP contribution < -0.4 is 0 Å². The molecule has 128 valence electrons. The first-order chi connectivity index (χ1) is 11.2. The minimum Gasteiger partial charge on any atom is -0.389 e. The van der Waals surface area contributed by atoms with Crippen molar-refractivity contribution in [2.75, 3.05) is 32.9 Å². The Morgan fingerprint density at radius 1 is 1.52 bits per heavy atom. The van der Waals surface area contributed by atoms with Crippen molar-refractivity contribution in [1.82, 2.24) is 14.9 Å². The van der Waals surface area contributed by atoms with Crippen molar-refractivity contribution < 1.29 is 14.6 Å². The smallest absolute Gasteiger partial charge is 0.128 e. The zero-order chi connectivity index (χ0) is 16.1. The Kier molecular flexibility index (Phi) is 5.94. The number of rotatable bonds is 7. The molecule has 0 amide bonds. The minimum absolute atomic E-state index is 0.216. The largest absolute Gasteiger partial charge is 0.389 e. The van der Waals surface area contributed by atoms with Gasteiger partial charge in [0.1, 0.15) is 5.82 Å². The molecule has 0 radical (unpaired) electrons. The lowest BCUT2D eigenvalue weighted by Gasteiger charge is -2.29. The fraction of sp³-hybridized carbons (Fsp3) is 0.765. The fourth-order valence-corrected chi connectivity index (χ4v) is 3.19. The number of ether oxygens (including phenoxy) is 2. The quantitative estimate of drug-likeness (QED) is 0.807. The Morgan fingerprint density at radius 2 is 2.43 bits per heavy atom. The van der Waals surface area contributed by atoms with E-state index in [2.05, 4.69) is 21.8 Å². The molecule has 6 nitrogen and oxygen atoms in total. The molecule has 1 aromatic rings. The second-order valence-electron chi connectivity index (χ2n) is 6.42. The van der Waals surface area contributed by atoms with Gasteiger partial charge in [-0.15, -0.1) is 0 Å². The summed E-state index contributed by atoms with van der Waals surface area (Å²) in [6.07, 6.45) is 5.69. The molecule has 1 N–H and O–H groups in total. The number of aliphatic hydroxyl groups is 1. The molecule has 3 heterocycles. The van der Waals surface area contributed by atoms with E-state index in [1.807, 2.05) is 6.20 Å². The normalized spacial score (nSPS) is 23.0. The van der Waals surface area contributed by atoms with Crippen LogP contribution >= 0.6 is 0 Å². The van der Waals surface area contributed by atoms with Crippen LogP contribution in [-0.2, 0) is 28.9 Å². The fourth-order valence-electron chi connectivity index (χ4n) is 3.19. The summed E-state index contributed by atoms with van der Waals surface area (Å²) in [7, 11) is 0. The minimum atomic E-state index is -0.467. The standard InChI is InChI=1S/C17H27N3O3/c1-2-17-18-8-13-5-6-20(10-16(13)19-17)9-14(21)11-22-12-15-4-3-7-23-15/h8,14-15,21H,2-7,9-12H2,1H3/t14-,15-/m1/s1. The third-order valence-electron chi connectivity index (χ3n) is 4.50. The molecule has 23 heavy (non-hydrogen) atoms. The van der Waals surface area contributed by atoms with Gasteiger partial charge in [-0.25, -0.2) is 9.97 Å². The van der Waals surface area contributed by atoms with Gasteiger partial charge in [0.25, 0.3) is 0 Å². The van der Waals surface area contributed by atoms with Crippen molar-refractivity contribution in [3.8, 4) is 0 Å². The number of hydrogen-bond acceptors (Lipinski definition) is 6. The third-order valence-corrected chi connectivity index (χ3v) is 4.50.